The zero-order valence-electron chi connectivity index (χ0n) is 8.20. The predicted molar refractivity (Wildman–Crippen MR) is 57.5 cm³/mol. The van der Waals surface area contributed by atoms with Crippen LogP contribution in [0.4, 0.5) is 0 Å². The van der Waals surface area contributed by atoms with Crippen LogP contribution in [0.3, 0.4) is 0 Å². The Morgan fingerprint density at radius 2 is 1.77 bits per heavy atom. The van der Waals surface area contributed by atoms with Crippen molar-refractivity contribution < 1.29 is 4.74 Å². The highest BCUT2D eigenvalue weighted by Gasteiger charge is 2.17. The van der Waals surface area contributed by atoms with Crippen LogP contribution in [0.2, 0.25) is 0 Å². The lowest BCUT2D eigenvalue weighted by Gasteiger charge is -2.21. The maximum atomic E-state index is 5.95. The molecule has 0 aliphatic heterocycles. The second kappa shape index (κ2) is 4.49. The number of nitrogens with two attached hydrogens (primary N) is 1. The molecule has 74 valence electrons. The van der Waals surface area contributed by atoms with Crippen molar-refractivity contribution in [1.82, 2.24) is 0 Å². The summed E-state index contributed by atoms with van der Waals surface area (Å²) in [7, 11) is 1.66. The third-order valence-electron chi connectivity index (χ3n) is 1.80. The van der Waals surface area contributed by atoms with Gasteiger partial charge in [-0.2, -0.15) is 0 Å². The molecule has 2 N–H and O–H groups in total. The Bertz CT molecular complexity index is 268. The number of benzene rings is 1. The molecule has 0 bridgehead atoms. The first-order chi connectivity index (χ1) is 5.55. The second-order valence-electron chi connectivity index (χ2n) is 3.42. The van der Waals surface area contributed by atoms with E-state index in [2.05, 4.69) is 0 Å². The molecule has 1 aromatic rings. The Balaban J connectivity index is 0.00000144. The number of hydrogen-bond donors (Lipinski definition) is 1. The largest absolute Gasteiger partial charge is 0.496 e. The van der Waals surface area contributed by atoms with E-state index >= 15 is 0 Å². The number of ether oxygens (including phenoxy) is 1. The van der Waals surface area contributed by atoms with E-state index in [1.54, 1.807) is 7.11 Å². The molecule has 0 amide bonds. The molecule has 13 heavy (non-hydrogen) atoms. The van der Waals surface area contributed by atoms with E-state index in [0.717, 1.165) is 11.3 Å². The van der Waals surface area contributed by atoms with Crippen LogP contribution in [-0.2, 0) is 5.54 Å². The van der Waals surface area contributed by atoms with Crippen LogP contribution in [0.15, 0.2) is 24.3 Å². The molecule has 0 atom stereocenters. The van der Waals surface area contributed by atoms with Crippen molar-refractivity contribution in [1.29, 1.82) is 0 Å². The maximum absolute atomic E-state index is 5.95. The van der Waals surface area contributed by atoms with Gasteiger partial charge < -0.3 is 10.5 Å². The topological polar surface area (TPSA) is 35.2 Å². The van der Waals surface area contributed by atoms with Crippen molar-refractivity contribution in [2.24, 2.45) is 5.73 Å². The van der Waals surface area contributed by atoms with Crippen molar-refractivity contribution in [2.45, 2.75) is 19.4 Å². The van der Waals surface area contributed by atoms with Crippen LogP contribution in [0.25, 0.3) is 0 Å². The number of para-hydroxylation sites is 1. The fourth-order valence-corrected chi connectivity index (χ4v) is 1.18. The first kappa shape index (κ1) is 12.3. The third kappa shape index (κ3) is 2.90. The van der Waals surface area contributed by atoms with E-state index in [1.807, 2.05) is 38.1 Å². The summed E-state index contributed by atoms with van der Waals surface area (Å²) < 4.78 is 5.19. The SMILES string of the molecule is COc1ccccc1C(C)(C)N.Cl. The van der Waals surface area contributed by atoms with E-state index in [0.29, 0.717) is 0 Å². The van der Waals surface area contributed by atoms with Gasteiger partial charge in [0.2, 0.25) is 0 Å². The highest BCUT2D eigenvalue weighted by atomic mass is 35.5. The van der Waals surface area contributed by atoms with E-state index in [-0.39, 0.29) is 17.9 Å². The minimum absolute atomic E-state index is 0. The van der Waals surface area contributed by atoms with Gasteiger partial charge in [-0.1, -0.05) is 18.2 Å². The van der Waals surface area contributed by atoms with Crippen LogP contribution in [-0.4, -0.2) is 7.11 Å². The standard InChI is InChI=1S/C10H15NO.ClH/c1-10(2,11)8-6-4-5-7-9(8)12-3;/h4-7H,11H2,1-3H3;1H. The first-order valence-corrected chi connectivity index (χ1v) is 3.98. The van der Waals surface area contributed by atoms with Crippen LogP contribution in [0.1, 0.15) is 19.4 Å². The van der Waals surface area contributed by atoms with Crippen LogP contribution < -0.4 is 10.5 Å². The zero-order chi connectivity index (χ0) is 9.19. The van der Waals surface area contributed by atoms with Gasteiger partial charge in [-0.25, -0.2) is 0 Å². The molecule has 1 rings (SSSR count). The molecular formula is C10H16ClNO. The summed E-state index contributed by atoms with van der Waals surface area (Å²) in [6.45, 7) is 3.93. The van der Waals surface area contributed by atoms with Crippen molar-refractivity contribution >= 4 is 12.4 Å². The van der Waals surface area contributed by atoms with Crippen molar-refractivity contribution in [2.75, 3.05) is 7.11 Å². The molecule has 1 aromatic carbocycles. The molecule has 2 nitrogen and oxygen atoms in total. The average Bonchev–Trinajstić information content (AvgIpc) is 2.03. The van der Waals surface area contributed by atoms with Crippen molar-refractivity contribution in [3.8, 4) is 5.75 Å². The van der Waals surface area contributed by atoms with Gasteiger partial charge in [-0.05, 0) is 19.9 Å². The van der Waals surface area contributed by atoms with Crippen molar-refractivity contribution in [3.05, 3.63) is 29.8 Å². The Kier molecular flexibility index (Phi) is 4.24. The number of rotatable bonds is 2. The second-order valence-corrected chi connectivity index (χ2v) is 3.42. The summed E-state index contributed by atoms with van der Waals surface area (Å²) in [6.07, 6.45) is 0. The Labute approximate surface area is 85.5 Å². The summed E-state index contributed by atoms with van der Waals surface area (Å²) in [4.78, 5) is 0. The molecule has 0 aliphatic rings. The fourth-order valence-electron chi connectivity index (χ4n) is 1.18. The molecule has 0 saturated heterocycles. The van der Waals surface area contributed by atoms with E-state index in [4.69, 9.17) is 10.5 Å². The summed E-state index contributed by atoms with van der Waals surface area (Å²) in [6, 6.07) is 7.81. The summed E-state index contributed by atoms with van der Waals surface area (Å²) in [5, 5.41) is 0. The van der Waals surface area contributed by atoms with Crippen molar-refractivity contribution in [3.63, 3.8) is 0 Å². The quantitative estimate of drug-likeness (QED) is 0.797. The zero-order valence-corrected chi connectivity index (χ0v) is 9.02. The van der Waals surface area contributed by atoms with Gasteiger partial charge in [-0.3, -0.25) is 0 Å². The van der Waals surface area contributed by atoms with E-state index in [9.17, 15) is 0 Å². The summed E-state index contributed by atoms with van der Waals surface area (Å²) >= 11 is 0. The highest BCUT2D eigenvalue weighted by molar-refractivity contribution is 5.85. The average molecular weight is 202 g/mol. The normalized spacial score (nSPS) is 10.5. The number of halogens is 1. The molecule has 0 aromatic heterocycles. The smallest absolute Gasteiger partial charge is 0.123 e. The van der Waals surface area contributed by atoms with Gasteiger partial charge in [0, 0.05) is 11.1 Å². The molecule has 0 spiro atoms. The lowest BCUT2D eigenvalue weighted by molar-refractivity contribution is 0.394. The van der Waals surface area contributed by atoms with E-state index < -0.39 is 0 Å². The molecule has 3 heteroatoms. The third-order valence-corrected chi connectivity index (χ3v) is 1.80. The van der Waals surface area contributed by atoms with Gasteiger partial charge in [0.25, 0.3) is 0 Å². The predicted octanol–water partition coefficient (Wildman–Crippen LogP) is 2.31. The molecule has 0 unspecified atom stereocenters. The Hall–Kier alpha value is -0.730. The minimum atomic E-state index is -0.341. The first-order valence-electron chi connectivity index (χ1n) is 3.98. The summed E-state index contributed by atoms with van der Waals surface area (Å²) in [5.41, 5.74) is 6.65. The fraction of sp³-hybridized carbons (Fsp3) is 0.400. The lowest BCUT2D eigenvalue weighted by Crippen LogP contribution is -2.29. The van der Waals surface area contributed by atoms with Gasteiger partial charge in [0.05, 0.1) is 7.11 Å². The number of methoxy groups -OCH3 is 1. The van der Waals surface area contributed by atoms with Gasteiger partial charge >= 0.3 is 0 Å². The lowest BCUT2D eigenvalue weighted by atomic mass is 9.95. The monoisotopic (exact) mass is 201 g/mol. The molecule has 0 radical (unpaired) electrons. The minimum Gasteiger partial charge on any atom is -0.496 e. The molecule has 0 aliphatic carbocycles. The maximum Gasteiger partial charge on any atom is 0.123 e. The molecular weight excluding hydrogens is 186 g/mol. The van der Waals surface area contributed by atoms with Gasteiger partial charge in [-0.15, -0.1) is 12.4 Å². The highest BCUT2D eigenvalue weighted by Crippen LogP contribution is 2.26. The summed E-state index contributed by atoms with van der Waals surface area (Å²) in [5.74, 6) is 0.852. The molecule has 0 heterocycles. The van der Waals surface area contributed by atoms with Crippen LogP contribution >= 0.6 is 12.4 Å². The molecule has 0 saturated carbocycles. The Morgan fingerprint density at radius 3 is 2.15 bits per heavy atom. The van der Waals surface area contributed by atoms with Crippen LogP contribution in [0, 0.1) is 0 Å². The van der Waals surface area contributed by atoms with Gasteiger partial charge in [0.1, 0.15) is 5.75 Å². The number of hydrogen-bond acceptors (Lipinski definition) is 2. The molecule has 0 fully saturated rings. The van der Waals surface area contributed by atoms with Crippen LogP contribution in [0.5, 0.6) is 5.75 Å². The van der Waals surface area contributed by atoms with E-state index in [1.165, 1.54) is 0 Å². The van der Waals surface area contributed by atoms with Gasteiger partial charge in [0.15, 0.2) is 0 Å². The Morgan fingerprint density at radius 1 is 1.23 bits per heavy atom.